The van der Waals surface area contributed by atoms with Crippen molar-refractivity contribution < 1.29 is 32.2 Å². The number of methoxy groups -OCH3 is 3. The fourth-order valence-corrected chi connectivity index (χ4v) is 5.89. The molecule has 226 valence electrons. The molecular formula is C31H39N3O7S. The molecule has 0 aliphatic rings. The average Bonchev–Trinajstić information content (AvgIpc) is 2.99. The van der Waals surface area contributed by atoms with Gasteiger partial charge in [0.25, 0.3) is 10.0 Å². The Labute approximate surface area is 248 Å². The average molecular weight is 598 g/mol. The number of nitrogens with one attached hydrogen (secondary N) is 1. The lowest BCUT2D eigenvalue weighted by molar-refractivity contribution is -0.140. The van der Waals surface area contributed by atoms with Crippen LogP contribution in [0, 0.1) is 6.92 Å². The second-order valence-electron chi connectivity index (χ2n) is 9.55. The molecular weight excluding hydrogens is 558 g/mol. The quantitative estimate of drug-likeness (QED) is 0.297. The summed E-state index contributed by atoms with van der Waals surface area (Å²) >= 11 is 0. The summed E-state index contributed by atoms with van der Waals surface area (Å²) in [4.78, 5) is 28.7. The number of hydrogen-bond donors (Lipinski definition) is 1. The molecule has 10 nitrogen and oxygen atoms in total. The van der Waals surface area contributed by atoms with Gasteiger partial charge in [-0.15, -0.1) is 0 Å². The highest BCUT2D eigenvalue weighted by Crippen LogP contribution is 2.34. The van der Waals surface area contributed by atoms with Crippen LogP contribution >= 0.6 is 0 Å². The lowest BCUT2D eigenvalue weighted by Gasteiger charge is -2.33. The van der Waals surface area contributed by atoms with Crippen molar-refractivity contribution in [1.82, 2.24) is 10.2 Å². The minimum atomic E-state index is -4.22. The van der Waals surface area contributed by atoms with E-state index < -0.39 is 28.5 Å². The third kappa shape index (κ3) is 7.52. The van der Waals surface area contributed by atoms with Crippen LogP contribution in [0.5, 0.6) is 17.2 Å². The van der Waals surface area contributed by atoms with E-state index in [0.717, 1.165) is 15.4 Å². The summed E-state index contributed by atoms with van der Waals surface area (Å²) in [5.74, 6) is 0.491. The molecule has 1 N–H and O–H groups in total. The van der Waals surface area contributed by atoms with E-state index in [1.807, 2.05) is 13.8 Å². The highest BCUT2D eigenvalue weighted by molar-refractivity contribution is 7.92. The normalized spacial score (nSPS) is 11.8. The Hall–Kier alpha value is -4.25. The molecule has 0 unspecified atom stereocenters. The summed E-state index contributed by atoms with van der Waals surface area (Å²) in [5.41, 5.74) is 1.85. The van der Waals surface area contributed by atoms with Gasteiger partial charge in [-0.2, -0.15) is 0 Å². The highest BCUT2D eigenvalue weighted by Gasteiger charge is 2.34. The van der Waals surface area contributed by atoms with Gasteiger partial charge in [-0.25, -0.2) is 8.42 Å². The first-order valence-corrected chi connectivity index (χ1v) is 15.0. The zero-order chi connectivity index (χ0) is 30.9. The van der Waals surface area contributed by atoms with Crippen molar-refractivity contribution in [2.45, 2.75) is 44.7 Å². The second-order valence-corrected chi connectivity index (χ2v) is 11.4. The molecule has 0 heterocycles. The predicted octanol–water partition coefficient (Wildman–Crippen LogP) is 4.16. The van der Waals surface area contributed by atoms with Gasteiger partial charge in [0, 0.05) is 19.2 Å². The first-order valence-electron chi connectivity index (χ1n) is 13.6. The van der Waals surface area contributed by atoms with Gasteiger partial charge in [-0.3, -0.25) is 13.9 Å². The molecule has 0 saturated heterocycles. The van der Waals surface area contributed by atoms with Crippen molar-refractivity contribution in [2.75, 3.05) is 38.7 Å². The summed E-state index contributed by atoms with van der Waals surface area (Å²) in [7, 11) is 0.266. The Bertz CT molecular complexity index is 1460. The number of aryl methyl sites for hydroxylation is 1. The van der Waals surface area contributed by atoms with Gasteiger partial charge in [-0.05, 0) is 62.2 Å². The molecule has 0 radical (unpaired) electrons. The minimum absolute atomic E-state index is 0.0214. The molecule has 0 saturated carbocycles. The van der Waals surface area contributed by atoms with E-state index in [4.69, 9.17) is 14.2 Å². The maximum Gasteiger partial charge on any atom is 0.264 e. The van der Waals surface area contributed by atoms with Crippen LogP contribution in [0.25, 0.3) is 0 Å². The van der Waals surface area contributed by atoms with Crippen molar-refractivity contribution in [3.05, 3.63) is 77.9 Å². The number of nitrogens with zero attached hydrogens (tertiary/aromatic N) is 2. The van der Waals surface area contributed by atoms with Crippen LogP contribution in [-0.2, 0) is 26.2 Å². The zero-order valence-electron chi connectivity index (χ0n) is 24.9. The van der Waals surface area contributed by atoms with Crippen LogP contribution in [0.4, 0.5) is 5.69 Å². The molecule has 0 fully saturated rings. The zero-order valence-corrected chi connectivity index (χ0v) is 25.7. The van der Waals surface area contributed by atoms with E-state index in [9.17, 15) is 18.0 Å². The van der Waals surface area contributed by atoms with Crippen molar-refractivity contribution in [1.29, 1.82) is 0 Å². The van der Waals surface area contributed by atoms with Crippen LogP contribution in [0.3, 0.4) is 0 Å². The second kappa shape index (κ2) is 14.6. The molecule has 0 aliphatic heterocycles. The molecule has 0 spiro atoms. The van der Waals surface area contributed by atoms with E-state index in [2.05, 4.69) is 5.32 Å². The number of hydrogen-bond acceptors (Lipinski definition) is 7. The van der Waals surface area contributed by atoms with E-state index in [1.165, 1.54) is 37.3 Å². The van der Waals surface area contributed by atoms with Gasteiger partial charge in [0.15, 0.2) is 11.5 Å². The number of rotatable bonds is 14. The number of benzene rings is 3. The van der Waals surface area contributed by atoms with Crippen molar-refractivity contribution in [3.8, 4) is 17.2 Å². The van der Waals surface area contributed by atoms with Gasteiger partial charge in [0.1, 0.15) is 18.3 Å². The molecule has 3 rings (SSSR count). The van der Waals surface area contributed by atoms with Gasteiger partial charge in [-0.1, -0.05) is 36.8 Å². The highest BCUT2D eigenvalue weighted by atomic mass is 32.2. The predicted molar refractivity (Wildman–Crippen MR) is 162 cm³/mol. The van der Waals surface area contributed by atoms with Gasteiger partial charge >= 0.3 is 0 Å². The SMILES string of the molecule is CCNC(=O)[C@H](CC)N(Cc1ccc(OC)cc1)C(=O)CN(c1ccc(OC)c(OC)c1)S(=O)(=O)c1ccc(C)cc1. The Morgan fingerprint density at radius 2 is 1.50 bits per heavy atom. The maximum atomic E-state index is 14.1. The van der Waals surface area contributed by atoms with E-state index in [1.54, 1.807) is 62.6 Å². The minimum Gasteiger partial charge on any atom is -0.497 e. The summed E-state index contributed by atoms with van der Waals surface area (Å²) in [6.45, 7) is 5.38. The van der Waals surface area contributed by atoms with Gasteiger partial charge in [0.2, 0.25) is 11.8 Å². The number of sulfonamides is 1. The summed E-state index contributed by atoms with van der Waals surface area (Å²) in [6, 6.07) is 17.3. The third-order valence-corrected chi connectivity index (χ3v) is 8.58. The Morgan fingerprint density at radius 1 is 0.857 bits per heavy atom. The topological polar surface area (TPSA) is 114 Å². The van der Waals surface area contributed by atoms with Crippen LogP contribution in [0.1, 0.15) is 31.4 Å². The third-order valence-electron chi connectivity index (χ3n) is 6.79. The molecule has 0 aliphatic carbocycles. The molecule has 42 heavy (non-hydrogen) atoms. The molecule has 3 aromatic carbocycles. The number of carbonyl (C=O) groups is 2. The van der Waals surface area contributed by atoms with Crippen LogP contribution in [-0.4, -0.2) is 65.6 Å². The number of amides is 2. The lowest BCUT2D eigenvalue weighted by atomic mass is 10.1. The maximum absolute atomic E-state index is 14.1. The monoisotopic (exact) mass is 597 g/mol. The largest absolute Gasteiger partial charge is 0.497 e. The van der Waals surface area contributed by atoms with Gasteiger partial charge < -0.3 is 24.4 Å². The van der Waals surface area contributed by atoms with Crippen molar-refractivity contribution >= 4 is 27.5 Å². The Balaban J connectivity index is 2.11. The molecule has 11 heteroatoms. The lowest BCUT2D eigenvalue weighted by Crippen LogP contribution is -2.52. The first kappa shape index (κ1) is 32.3. The Morgan fingerprint density at radius 3 is 2.05 bits per heavy atom. The smallest absolute Gasteiger partial charge is 0.264 e. The number of carbonyl (C=O) groups excluding carboxylic acids is 2. The molecule has 1 atom stereocenters. The summed E-state index contributed by atoms with van der Waals surface area (Å²) in [6.07, 6.45) is 0.328. The fraction of sp³-hybridized carbons (Fsp3) is 0.355. The van der Waals surface area contributed by atoms with E-state index in [-0.39, 0.29) is 23.0 Å². The van der Waals surface area contributed by atoms with E-state index in [0.29, 0.717) is 30.2 Å². The fourth-order valence-electron chi connectivity index (χ4n) is 4.49. The molecule has 0 bridgehead atoms. The summed E-state index contributed by atoms with van der Waals surface area (Å²) in [5, 5.41) is 2.79. The molecule has 3 aromatic rings. The standard InChI is InChI=1S/C31H39N3O7S/c1-7-27(31(36)32-8-2)33(20-23-11-14-25(39-4)15-12-23)30(35)21-34(24-13-18-28(40-5)29(19-24)41-6)42(37,38)26-16-9-22(3)10-17-26/h9-19,27H,7-8,20-21H2,1-6H3,(H,32,36)/t27-/m0/s1. The molecule has 0 aromatic heterocycles. The van der Waals surface area contributed by atoms with Crippen LogP contribution < -0.4 is 23.8 Å². The first-order chi connectivity index (χ1) is 20.1. The van der Waals surface area contributed by atoms with Crippen molar-refractivity contribution in [3.63, 3.8) is 0 Å². The van der Waals surface area contributed by atoms with Crippen molar-refractivity contribution in [2.24, 2.45) is 0 Å². The number of likely N-dealkylation sites (N-methyl/N-ethyl adjacent to an activating group) is 1. The number of ether oxygens (including phenoxy) is 3. The van der Waals surface area contributed by atoms with Crippen LogP contribution in [0.15, 0.2) is 71.6 Å². The summed E-state index contributed by atoms with van der Waals surface area (Å²) < 4.78 is 45.1. The van der Waals surface area contributed by atoms with Gasteiger partial charge in [0.05, 0.1) is 31.9 Å². The number of anilines is 1. The Kier molecular flexibility index (Phi) is 11.2. The van der Waals surface area contributed by atoms with E-state index >= 15 is 0 Å². The van der Waals surface area contributed by atoms with Crippen LogP contribution in [0.2, 0.25) is 0 Å². The molecule has 2 amide bonds.